The van der Waals surface area contributed by atoms with Gasteiger partial charge in [0.15, 0.2) is 0 Å². The van der Waals surface area contributed by atoms with E-state index in [-0.39, 0.29) is 5.91 Å². The molecule has 19 heavy (non-hydrogen) atoms. The van der Waals surface area contributed by atoms with Crippen molar-refractivity contribution in [3.63, 3.8) is 0 Å². The molecule has 0 atom stereocenters. The number of benzene rings is 1. The summed E-state index contributed by atoms with van der Waals surface area (Å²) in [6, 6.07) is 5.84. The Balaban J connectivity index is 2.32. The fourth-order valence-electron chi connectivity index (χ4n) is 1.39. The number of carbonyl (C=O) groups is 1. The average molecular weight is 329 g/mol. The summed E-state index contributed by atoms with van der Waals surface area (Å²) in [7, 11) is 0. The fourth-order valence-corrected chi connectivity index (χ4v) is 2.00. The van der Waals surface area contributed by atoms with Crippen molar-refractivity contribution in [2.45, 2.75) is 32.7 Å². The van der Waals surface area contributed by atoms with E-state index >= 15 is 0 Å². The van der Waals surface area contributed by atoms with E-state index in [0.29, 0.717) is 19.6 Å². The standard InChI is InChI=1S/C14H21BrN2O2/c1-10-4-5-12(11(15)8-10)19-7-6-13(18)17-9-14(2,3)16/h4-5,8H,6-7,9,16H2,1-3H3,(H,17,18). The van der Waals surface area contributed by atoms with Crippen molar-refractivity contribution in [2.75, 3.05) is 13.2 Å². The van der Waals surface area contributed by atoms with E-state index < -0.39 is 5.54 Å². The third kappa shape index (κ3) is 6.59. The molecule has 0 spiro atoms. The number of hydrogen-bond acceptors (Lipinski definition) is 3. The van der Waals surface area contributed by atoms with Crippen molar-refractivity contribution < 1.29 is 9.53 Å². The quantitative estimate of drug-likeness (QED) is 0.842. The zero-order valence-electron chi connectivity index (χ0n) is 11.6. The minimum absolute atomic E-state index is 0.0539. The highest BCUT2D eigenvalue weighted by atomic mass is 79.9. The van der Waals surface area contributed by atoms with Crippen molar-refractivity contribution in [3.05, 3.63) is 28.2 Å². The van der Waals surface area contributed by atoms with E-state index in [1.807, 2.05) is 39.0 Å². The highest BCUT2D eigenvalue weighted by Crippen LogP contribution is 2.25. The Bertz CT molecular complexity index is 442. The van der Waals surface area contributed by atoms with Crippen molar-refractivity contribution in [1.82, 2.24) is 5.32 Å². The minimum atomic E-state index is -0.392. The zero-order valence-corrected chi connectivity index (χ0v) is 13.2. The highest BCUT2D eigenvalue weighted by molar-refractivity contribution is 9.10. The van der Waals surface area contributed by atoms with Crippen molar-refractivity contribution >= 4 is 21.8 Å². The molecule has 0 radical (unpaired) electrons. The van der Waals surface area contributed by atoms with Gasteiger partial charge in [0.25, 0.3) is 0 Å². The first kappa shape index (κ1) is 16.0. The van der Waals surface area contributed by atoms with E-state index in [4.69, 9.17) is 10.5 Å². The van der Waals surface area contributed by atoms with Gasteiger partial charge in [-0.2, -0.15) is 0 Å². The Hall–Kier alpha value is -1.07. The molecule has 106 valence electrons. The van der Waals surface area contributed by atoms with Crippen LogP contribution in [-0.4, -0.2) is 24.6 Å². The number of rotatable bonds is 6. The van der Waals surface area contributed by atoms with Crippen LogP contribution in [0.15, 0.2) is 22.7 Å². The number of hydrogen-bond donors (Lipinski definition) is 2. The smallest absolute Gasteiger partial charge is 0.223 e. The van der Waals surface area contributed by atoms with Crippen LogP contribution < -0.4 is 15.8 Å². The summed E-state index contributed by atoms with van der Waals surface area (Å²) < 4.78 is 6.45. The summed E-state index contributed by atoms with van der Waals surface area (Å²) in [5, 5.41) is 2.78. The third-order valence-corrected chi connectivity index (χ3v) is 3.03. The second-order valence-corrected chi connectivity index (χ2v) is 6.15. The fraction of sp³-hybridized carbons (Fsp3) is 0.500. The van der Waals surface area contributed by atoms with Crippen LogP contribution in [0, 0.1) is 6.92 Å². The Kier molecular flexibility index (Phi) is 5.82. The van der Waals surface area contributed by atoms with Crippen LogP contribution in [0.25, 0.3) is 0 Å². The Morgan fingerprint density at radius 3 is 2.74 bits per heavy atom. The molecule has 0 aliphatic heterocycles. The van der Waals surface area contributed by atoms with Gasteiger partial charge >= 0.3 is 0 Å². The Morgan fingerprint density at radius 1 is 1.47 bits per heavy atom. The van der Waals surface area contributed by atoms with Crippen LogP contribution in [0.4, 0.5) is 0 Å². The highest BCUT2D eigenvalue weighted by Gasteiger charge is 2.12. The SMILES string of the molecule is Cc1ccc(OCCC(=O)NCC(C)(C)N)c(Br)c1. The van der Waals surface area contributed by atoms with Gasteiger partial charge in [0.05, 0.1) is 17.5 Å². The summed E-state index contributed by atoms with van der Waals surface area (Å²) in [6.07, 6.45) is 0.316. The van der Waals surface area contributed by atoms with Crippen LogP contribution >= 0.6 is 15.9 Å². The molecule has 0 aliphatic rings. The van der Waals surface area contributed by atoms with Gasteiger partial charge in [0, 0.05) is 12.1 Å². The number of nitrogens with two attached hydrogens (primary N) is 1. The number of amides is 1. The lowest BCUT2D eigenvalue weighted by molar-refractivity contribution is -0.121. The molecule has 0 unspecified atom stereocenters. The molecule has 0 aliphatic carbocycles. The maximum atomic E-state index is 11.6. The number of ether oxygens (including phenoxy) is 1. The summed E-state index contributed by atoms with van der Waals surface area (Å²) in [4.78, 5) is 11.6. The Labute approximate surface area is 122 Å². The van der Waals surface area contributed by atoms with Crippen molar-refractivity contribution in [2.24, 2.45) is 5.73 Å². The molecular formula is C14H21BrN2O2. The zero-order chi connectivity index (χ0) is 14.5. The van der Waals surface area contributed by atoms with Gasteiger partial charge in [-0.3, -0.25) is 4.79 Å². The molecule has 1 aromatic rings. The largest absolute Gasteiger partial charge is 0.492 e. The maximum Gasteiger partial charge on any atom is 0.223 e. The van der Waals surface area contributed by atoms with Crippen LogP contribution in [0.1, 0.15) is 25.8 Å². The molecule has 0 bridgehead atoms. The monoisotopic (exact) mass is 328 g/mol. The topological polar surface area (TPSA) is 64.3 Å². The first-order valence-corrected chi connectivity index (χ1v) is 7.02. The normalized spacial score (nSPS) is 11.2. The minimum Gasteiger partial charge on any atom is -0.492 e. The number of nitrogens with one attached hydrogen (secondary N) is 1. The molecule has 0 saturated heterocycles. The van der Waals surface area contributed by atoms with Gasteiger partial charge in [-0.05, 0) is 54.4 Å². The molecule has 4 nitrogen and oxygen atoms in total. The first-order chi connectivity index (χ1) is 8.78. The van der Waals surface area contributed by atoms with Gasteiger partial charge in [0.2, 0.25) is 5.91 Å². The molecule has 5 heteroatoms. The third-order valence-electron chi connectivity index (χ3n) is 2.42. The molecular weight excluding hydrogens is 308 g/mol. The van der Waals surface area contributed by atoms with Gasteiger partial charge in [-0.15, -0.1) is 0 Å². The number of halogens is 1. The van der Waals surface area contributed by atoms with Gasteiger partial charge < -0.3 is 15.8 Å². The van der Waals surface area contributed by atoms with E-state index in [0.717, 1.165) is 15.8 Å². The molecule has 0 aromatic heterocycles. The lowest BCUT2D eigenvalue weighted by atomic mass is 10.1. The molecule has 0 heterocycles. The predicted molar refractivity (Wildman–Crippen MR) is 80.3 cm³/mol. The van der Waals surface area contributed by atoms with E-state index in [1.54, 1.807) is 0 Å². The Morgan fingerprint density at radius 2 is 2.16 bits per heavy atom. The first-order valence-electron chi connectivity index (χ1n) is 6.22. The van der Waals surface area contributed by atoms with E-state index in [1.165, 1.54) is 0 Å². The van der Waals surface area contributed by atoms with Gasteiger partial charge in [0.1, 0.15) is 5.75 Å². The average Bonchev–Trinajstić information content (AvgIpc) is 2.28. The predicted octanol–water partition coefficient (Wildman–Crippen LogP) is 2.38. The summed E-state index contributed by atoms with van der Waals surface area (Å²) in [6.45, 7) is 6.55. The van der Waals surface area contributed by atoms with E-state index in [2.05, 4.69) is 21.2 Å². The number of aryl methyl sites for hydroxylation is 1. The van der Waals surface area contributed by atoms with Crippen LogP contribution in [0.3, 0.4) is 0 Å². The van der Waals surface area contributed by atoms with Gasteiger partial charge in [-0.25, -0.2) is 0 Å². The molecule has 3 N–H and O–H groups in total. The summed E-state index contributed by atoms with van der Waals surface area (Å²) in [5.41, 5.74) is 6.55. The molecule has 0 saturated carbocycles. The lowest BCUT2D eigenvalue weighted by Gasteiger charge is -2.18. The molecule has 1 amide bonds. The van der Waals surface area contributed by atoms with Crippen LogP contribution in [0.2, 0.25) is 0 Å². The second-order valence-electron chi connectivity index (χ2n) is 5.30. The molecule has 1 rings (SSSR count). The summed E-state index contributed by atoms with van der Waals surface area (Å²) >= 11 is 3.43. The van der Waals surface area contributed by atoms with Crippen LogP contribution in [-0.2, 0) is 4.79 Å². The van der Waals surface area contributed by atoms with Crippen molar-refractivity contribution in [1.29, 1.82) is 0 Å². The maximum absolute atomic E-state index is 11.6. The second kappa shape index (κ2) is 6.91. The molecule has 0 fully saturated rings. The van der Waals surface area contributed by atoms with Crippen molar-refractivity contribution in [3.8, 4) is 5.75 Å². The van der Waals surface area contributed by atoms with Gasteiger partial charge in [-0.1, -0.05) is 6.07 Å². The number of carbonyl (C=O) groups excluding carboxylic acids is 1. The van der Waals surface area contributed by atoms with Crippen LogP contribution in [0.5, 0.6) is 5.75 Å². The lowest BCUT2D eigenvalue weighted by Crippen LogP contribution is -2.45. The molecule has 1 aromatic carbocycles. The van der Waals surface area contributed by atoms with E-state index in [9.17, 15) is 4.79 Å². The summed E-state index contributed by atoms with van der Waals surface area (Å²) in [5.74, 6) is 0.694.